The summed E-state index contributed by atoms with van der Waals surface area (Å²) in [6, 6.07) is 15.5. The summed E-state index contributed by atoms with van der Waals surface area (Å²) in [6.07, 6.45) is 5.56. The number of carbonyl (C=O) groups is 2. The second-order valence-corrected chi connectivity index (χ2v) is 7.85. The van der Waals surface area contributed by atoms with E-state index in [-0.39, 0.29) is 23.8 Å². The number of pyridine rings is 1. The van der Waals surface area contributed by atoms with Gasteiger partial charge in [-0.2, -0.15) is 5.10 Å². The Balaban J connectivity index is 1.32. The van der Waals surface area contributed by atoms with Crippen LogP contribution >= 0.6 is 0 Å². The number of piperidine rings is 1. The summed E-state index contributed by atoms with van der Waals surface area (Å²) in [5.74, 6) is -0.0809. The van der Waals surface area contributed by atoms with Gasteiger partial charge in [0.25, 0.3) is 5.91 Å². The van der Waals surface area contributed by atoms with Gasteiger partial charge in [0.15, 0.2) is 0 Å². The molecule has 2 amide bonds. The van der Waals surface area contributed by atoms with Crippen LogP contribution in [0, 0.1) is 5.92 Å². The van der Waals surface area contributed by atoms with Crippen molar-refractivity contribution in [3.8, 4) is 11.3 Å². The number of hydrogen-bond acceptors (Lipinski definition) is 4. The summed E-state index contributed by atoms with van der Waals surface area (Å²) >= 11 is 0. The van der Waals surface area contributed by atoms with Crippen molar-refractivity contribution in [3.63, 3.8) is 0 Å². The van der Waals surface area contributed by atoms with E-state index >= 15 is 0 Å². The van der Waals surface area contributed by atoms with Gasteiger partial charge in [0.2, 0.25) is 5.91 Å². The summed E-state index contributed by atoms with van der Waals surface area (Å²) in [5.41, 5.74) is 3.20. The molecule has 1 aliphatic rings. The van der Waals surface area contributed by atoms with E-state index in [0.717, 1.165) is 17.5 Å². The molecule has 0 radical (unpaired) electrons. The molecule has 1 aromatic carbocycles. The van der Waals surface area contributed by atoms with E-state index in [4.69, 9.17) is 0 Å². The molecule has 7 heteroatoms. The molecule has 2 aromatic heterocycles. The maximum absolute atomic E-state index is 12.9. The zero-order valence-corrected chi connectivity index (χ0v) is 17.6. The van der Waals surface area contributed by atoms with Crippen LogP contribution in [0.1, 0.15) is 48.3 Å². The minimum absolute atomic E-state index is 0.0185. The first-order valence-corrected chi connectivity index (χ1v) is 10.8. The van der Waals surface area contributed by atoms with Crippen molar-refractivity contribution in [1.82, 2.24) is 25.4 Å². The lowest BCUT2D eigenvalue weighted by molar-refractivity contribution is -0.127. The molecule has 0 unspecified atom stereocenters. The highest BCUT2D eigenvalue weighted by molar-refractivity contribution is 5.93. The number of aromatic amines is 1. The van der Waals surface area contributed by atoms with Crippen LogP contribution in [0.2, 0.25) is 0 Å². The number of aromatic nitrogens is 3. The number of likely N-dealkylation sites (tertiary alicyclic amines) is 1. The third-order valence-electron chi connectivity index (χ3n) is 5.86. The molecule has 0 saturated carbocycles. The Morgan fingerprint density at radius 2 is 1.84 bits per heavy atom. The second-order valence-electron chi connectivity index (χ2n) is 7.85. The van der Waals surface area contributed by atoms with Crippen LogP contribution in [0.15, 0.2) is 60.9 Å². The fraction of sp³-hybridized carbons (Fsp3) is 0.333. The molecule has 1 aliphatic heterocycles. The predicted octanol–water partition coefficient (Wildman–Crippen LogP) is 3.59. The quantitative estimate of drug-likeness (QED) is 0.641. The normalized spacial score (nSPS) is 15.5. The number of carbonyl (C=O) groups excluding carboxylic acids is 2. The first kappa shape index (κ1) is 20.8. The van der Waals surface area contributed by atoms with Gasteiger partial charge >= 0.3 is 0 Å². The van der Waals surface area contributed by atoms with E-state index in [1.165, 1.54) is 0 Å². The van der Waals surface area contributed by atoms with Crippen LogP contribution in [-0.2, 0) is 4.79 Å². The third kappa shape index (κ3) is 4.82. The highest BCUT2D eigenvalue weighted by Gasteiger charge is 2.29. The van der Waals surface area contributed by atoms with E-state index in [2.05, 4.69) is 27.4 Å². The number of hydrogen-bond donors (Lipinski definition) is 2. The molecule has 1 saturated heterocycles. The van der Waals surface area contributed by atoms with Crippen molar-refractivity contribution >= 4 is 11.8 Å². The Labute approximate surface area is 181 Å². The smallest absolute Gasteiger partial charge is 0.271 e. The number of nitrogens with zero attached hydrogens (tertiary/aromatic N) is 3. The number of benzene rings is 1. The van der Waals surface area contributed by atoms with Crippen LogP contribution in [0.5, 0.6) is 0 Å². The summed E-state index contributed by atoms with van der Waals surface area (Å²) in [7, 11) is 0. The molecular formula is C24H27N5O2. The van der Waals surface area contributed by atoms with Gasteiger partial charge in [-0.15, -0.1) is 0 Å². The Morgan fingerprint density at radius 3 is 2.52 bits per heavy atom. The van der Waals surface area contributed by atoms with Gasteiger partial charge in [0, 0.05) is 37.0 Å². The van der Waals surface area contributed by atoms with Crippen molar-refractivity contribution in [2.24, 2.45) is 5.92 Å². The minimum Gasteiger partial charge on any atom is -0.349 e. The van der Waals surface area contributed by atoms with Gasteiger partial charge in [-0.3, -0.25) is 19.7 Å². The van der Waals surface area contributed by atoms with E-state index in [1.807, 2.05) is 42.5 Å². The second kappa shape index (κ2) is 9.55. The molecule has 0 bridgehead atoms. The minimum atomic E-state index is -0.0811. The fourth-order valence-electron chi connectivity index (χ4n) is 4.01. The molecule has 3 heterocycles. The van der Waals surface area contributed by atoms with E-state index in [0.29, 0.717) is 37.3 Å². The standard InChI is InChI=1S/C24H27N5O2/c1-2-20(17-6-4-3-5-7-17)26-23(30)19-10-14-29(15-11-19)24(31)22-16-21(27-28-22)18-8-12-25-13-9-18/h3-9,12-13,16,19-20H,2,10-11,14-15H2,1H3,(H,26,30)(H,27,28)/t20-/m0/s1. The average Bonchev–Trinajstić information content (AvgIpc) is 3.33. The maximum atomic E-state index is 12.9. The Morgan fingerprint density at radius 1 is 1.13 bits per heavy atom. The molecule has 31 heavy (non-hydrogen) atoms. The number of rotatable bonds is 6. The van der Waals surface area contributed by atoms with Gasteiger partial charge in [-0.1, -0.05) is 37.3 Å². The van der Waals surface area contributed by atoms with Crippen LogP contribution < -0.4 is 5.32 Å². The molecule has 1 fully saturated rings. The fourth-order valence-corrected chi connectivity index (χ4v) is 4.01. The number of nitrogens with one attached hydrogen (secondary N) is 2. The number of amides is 2. The summed E-state index contributed by atoms with van der Waals surface area (Å²) in [5, 5.41) is 10.3. The van der Waals surface area contributed by atoms with E-state index in [1.54, 1.807) is 23.4 Å². The lowest BCUT2D eigenvalue weighted by Crippen LogP contribution is -2.43. The topological polar surface area (TPSA) is 91.0 Å². The first-order chi connectivity index (χ1) is 15.2. The van der Waals surface area contributed by atoms with Crippen molar-refractivity contribution in [2.75, 3.05) is 13.1 Å². The number of H-pyrrole nitrogens is 1. The molecule has 0 spiro atoms. The average molecular weight is 418 g/mol. The Hall–Kier alpha value is -3.48. The maximum Gasteiger partial charge on any atom is 0.271 e. The highest BCUT2D eigenvalue weighted by atomic mass is 16.2. The zero-order chi connectivity index (χ0) is 21.6. The van der Waals surface area contributed by atoms with Crippen molar-refractivity contribution in [3.05, 3.63) is 72.2 Å². The summed E-state index contributed by atoms with van der Waals surface area (Å²) in [6.45, 7) is 3.19. The van der Waals surface area contributed by atoms with Gasteiger partial charge in [-0.05, 0) is 43.0 Å². The van der Waals surface area contributed by atoms with Gasteiger partial charge in [0.05, 0.1) is 11.7 Å². The van der Waals surface area contributed by atoms with Crippen molar-refractivity contribution < 1.29 is 9.59 Å². The molecule has 160 valence electrons. The van der Waals surface area contributed by atoms with Crippen molar-refractivity contribution in [2.45, 2.75) is 32.2 Å². The van der Waals surface area contributed by atoms with Crippen LogP contribution in [0.3, 0.4) is 0 Å². The van der Waals surface area contributed by atoms with Gasteiger partial charge < -0.3 is 10.2 Å². The molecule has 4 rings (SSSR count). The zero-order valence-electron chi connectivity index (χ0n) is 17.6. The summed E-state index contributed by atoms with van der Waals surface area (Å²) < 4.78 is 0. The monoisotopic (exact) mass is 417 g/mol. The Kier molecular flexibility index (Phi) is 6.40. The molecule has 1 atom stereocenters. The SMILES string of the molecule is CC[C@H](NC(=O)C1CCN(C(=O)c2cc(-c3ccncc3)n[nH]2)CC1)c1ccccc1. The largest absolute Gasteiger partial charge is 0.349 e. The van der Waals surface area contributed by atoms with Crippen LogP contribution in [0.25, 0.3) is 11.3 Å². The molecule has 0 aliphatic carbocycles. The van der Waals surface area contributed by atoms with E-state index < -0.39 is 0 Å². The first-order valence-electron chi connectivity index (χ1n) is 10.8. The lowest BCUT2D eigenvalue weighted by atomic mass is 9.94. The van der Waals surface area contributed by atoms with Crippen molar-refractivity contribution in [1.29, 1.82) is 0 Å². The Bertz CT molecular complexity index is 1010. The van der Waals surface area contributed by atoms with Gasteiger partial charge in [-0.25, -0.2) is 0 Å². The molecule has 3 aromatic rings. The third-order valence-corrected chi connectivity index (χ3v) is 5.86. The van der Waals surface area contributed by atoms with Gasteiger partial charge in [0.1, 0.15) is 5.69 Å². The molecule has 2 N–H and O–H groups in total. The summed E-state index contributed by atoms with van der Waals surface area (Å²) in [4.78, 5) is 31.5. The molecular weight excluding hydrogens is 390 g/mol. The predicted molar refractivity (Wildman–Crippen MR) is 118 cm³/mol. The van der Waals surface area contributed by atoms with Crippen LogP contribution in [0.4, 0.5) is 0 Å². The van der Waals surface area contributed by atoms with E-state index in [9.17, 15) is 9.59 Å². The molecule has 7 nitrogen and oxygen atoms in total. The lowest BCUT2D eigenvalue weighted by Gasteiger charge is -2.32. The highest BCUT2D eigenvalue weighted by Crippen LogP contribution is 2.23. The van der Waals surface area contributed by atoms with Crippen LogP contribution in [-0.4, -0.2) is 45.0 Å².